The van der Waals surface area contributed by atoms with Crippen LogP contribution in [0.1, 0.15) is 16.2 Å². The molecule has 4 aromatic rings. The van der Waals surface area contributed by atoms with Gasteiger partial charge in [-0.1, -0.05) is 18.2 Å². The summed E-state index contributed by atoms with van der Waals surface area (Å²) in [4.78, 5) is 19.7. The van der Waals surface area contributed by atoms with Crippen molar-refractivity contribution in [3.8, 4) is 11.1 Å². The molecule has 3 heterocycles. The van der Waals surface area contributed by atoms with E-state index in [0.29, 0.717) is 12.2 Å². The topological polar surface area (TPSA) is 86.5 Å². The number of pyridine rings is 1. The number of aromatic amines is 2. The van der Waals surface area contributed by atoms with Crippen molar-refractivity contribution in [1.29, 1.82) is 0 Å². The summed E-state index contributed by atoms with van der Waals surface area (Å²) in [5.41, 5.74) is 4.32. The van der Waals surface area contributed by atoms with E-state index in [1.807, 2.05) is 48.7 Å². The van der Waals surface area contributed by atoms with E-state index < -0.39 is 0 Å². The number of carbonyl (C=O) groups excluding carboxylic acids is 1. The molecule has 0 bridgehead atoms. The van der Waals surface area contributed by atoms with E-state index >= 15 is 0 Å². The lowest BCUT2D eigenvalue weighted by atomic mass is 10.1. The van der Waals surface area contributed by atoms with Gasteiger partial charge < -0.3 is 10.3 Å². The average Bonchev–Trinajstić information content (AvgIpc) is 3.29. The molecular formula is C18H15N5O. The van der Waals surface area contributed by atoms with Gasteiger partial charge in [-0.15, -0.1) is 0 Å². The summed E-state index contributed by atoms with van der Waals surface area (Å²) >= 11 is 0. The summed E-state index contributed by atoms with van der Waals surface area (Å²) in [6.45, 7) is 0.398. The highest BCUT2D eigenvalue weighted by Crippen LogP contribution is 2.24. The Morgan fingerprint density at radius 3 is 2.88 bits per heavy atom. The van der Waals surface area contributed by atoms with Crippen molar-refractivity contribution < 1.29 is 4.79 Å². The SMILES string of the molecule is O=C(NCc1ccccn1)c1cc2ccc(-c3cn[nH]c3)cc2[nH]1. The van der Waals surface area contributed by atoms with Gasteiger partial charge in [0.1, 0.15) is 5.69 Å². The second-order valence-corrected chi connectivity index (χ2v) is 5.48. The fourth-order valence-corrected chi connectivity index (χ4v) is 2.61. The number of H-pyrrole nitrogens is 2. The quantitative estimate of drug-likeness (QED) is 0.541. The second-order valence-electron chi connectivity index (χ2n) is 5.48. The fraction of sp³-hybridized carbons (Fsp3) is 0.0556. The first-order valence-electron chi connectivity index (χ1n) is 7.59. The molecular weight excluding hydrogens is 302 g/mol. The molecule has 0 radical (unpaired) electrons. The molecule has 1 amide bonds. The van der Waals surface area contributed by atoms with Crippen molar-refractivity contribution in [3.05, 3.63) is 72.4 Å². The highest BCUT2D eigenvalue weighted by atomic mass is 16.1. The van der Waals surface area contributed by atoms with Crippen LogP contribution in [0.4, 0.5) is 0 Å². The molecule has 0 saturated heterocycles. The molecule has 3 N–H and O–H groups in total. The molecule has 118 valence electrons. The molecule has 0 aliphatic carbocycles. The van der Waals surface area contributed by atoms with Gasteiger partial charge in [0.05, 0.1) is 18.4 Å². The summed E-state index contributed by atoms with van der Waals surface area (Å²) < 4.78 is 0. The number of nitrogens with zero attached hydrogens (tertiary/aromatic N) is 2. The lowest BCUT2D eigenvalue weighted by molar-refractivity contribution is 0.0946. The Balaban J connectivity index is 1.55. The monoisotopic (exact) mass is 317 g/mol. The minimum Gasteiger partial charge on any atom is -0.351 e. The van der Waals surface area contributed by atoms with Crippen molar-refractivity contribution in [1.82, 2.24) is 25.5 Å². The van der Waals surface area contributed by atoms with Gasteiger partial charge in [-0.3, -0.25) is 14.9 Å². The van der Waals surface area contributed by atoms with Crippen molar-refractivity contribution in [2.75, 3.05) is 0 Å². The molecule has 0 aliphatic rings. The number of nitrogens with one attached hydrogen (secondary N) is 3. The molecule has 0 unspecified atom stereocenters. The molecule has 24 heavy (non-hydrogen) atoms. The van der Waals surface area contributed by atoms with Crippen LogP contribution in [0.25, 0.3) is 22.0 Å². The Morgan fingerprint density at radius 1 is 1.12 bits per heavy atom. The van der Waals surface area contributed by atoms with Crippen molar-refractivity contribution in [2.45, 2.75) is 6.54 Å². The molecule has 0 aliphatic heterocycles. The standard InChI is InChI=1S/C18H15N5O/c24-18(20-11-15-3-1-2-6-19-15)17-8-13-5-4-12(7-16(13)23-17)14-9-21-22-10-14/h1-10,23H,11H2,(H,20,24)(H,21,22). The van der Waals surface area contributed by atoms with Gasteiger partial charge in [0.25, 0.3) is 5.91 Å². The van der Waals surface area contributed by atoms with Gasteiger partial charge in [-0.05, 0) is 29.8 Å². The van der Waals surface area contributed by atoms with E-state index in [4.69, 9.17) is 0 Å². The predicted octanol–water partition coefficient (Wildman–Crippen LogP) is 2.88. The summed E-state index contributed by atoms with van der Waals surface area (Å²) in [7, 11) is 0. The van der Waals surface area contributed by atoms with E-state index in [1.54, 1.807) is 12.4 Å². The van der Waals surface area contributed by atoms with Gasteiger partial charge in [0.2, 0.25) is 0 Å². The molecule has 6 nitrogen and oxygen atoms in total. The fourth-order valence-electron chi connectivity index (χ4n) is 2.61. The number of amides is 1. The van der Waals surface area contributed by atoms with E-state index in [-0.39, 0.29) is 5.91 Å². The van der Waals surface area contributed by atoms with Crippen LogP contribution in [0, 0.1) is 0 Å². The van der Waals surface area contributed by atoms with Crippen LogP contribution in [-0.2, 0) is 6.54 Å². The smallest absolute Gasteiger partial charge is 0.268 e. The summed E-state index contributed by atoms with van der Waals surface area (Å²) in [6, 6.07) is 13.5. The van der Waals surface area contributed by atoms with Crippen molar-refractivity contribution in [2.24, 2.45) is 0 Å². The zero-order chi connectivity index (χ0) is 16.4. The second kappa shape index (κ2) is 6.00. The Kier molecular flexibility index (Phi) is 3.55. The summed E-state index contributed by atoms with van der Waals surface area (Å²) in [6.07, 6.45) is 5.32. The Bertz CT molecular complexity index is 973. The molecule has 0 fully saturated rings. The van der Waals surface area contributed by atoms with E-state index in [1.165, 1.54) is 0 Å². The largest absolute Gasteiger partial charge is 0.351 e. The van der Waals surface area contributed by atoms with E-state index in [2.05, 4.69) is 25.5 Å². The van der Waals surface area contributed by atoms with Gasteiger partial charge in [-0.25, -0.2) is 0 Å². The third-order valence-corrected chi connectivity index (χ3v) is 3.85. The minimum atomic E-state index is -0.151. The Morgan fingerprint density at radius 2 is 2.08 bits per heavy atom. The van der Waals surface area contributed by atoms with Crippen LogP contribution in [0.15, 0.2) is 61.1 Å². The number of fused-ring (bicyclic) bond motifs is 1. The van der Waals surface area contributed by atoms with Crippen LogP contribution in [0.3, 0.4) is 0 Å². The number of benzene rings is 1. The molecule has 3 aromatic heterocycles. The number of aromatic nitrogens is 4. The molecule has 4 rings (SSSR count). The highest BCUT2D eigenvalue weighted by molar-refractivity contribution is 5.98. The predicted molar refractivity (Wildman–Crippen MR) is 91.3 cm³/mol. The lowest BCUT2D eigenvalue weighted by Gasteiger charge is -2.02. The van der Waals surface area contributed by atoms with Crippen molar-refractivity contribution >= 4 is 16.8 Å². The maximum atomic E-state index is 12.3. The van der Waals surface area contributed by atoms with Crippen LogP contribution >= 0.6 is 0 Å². The average molecular weight is 317 g/mol. The first-order chi connectivity index (χ1) is 11.8. The molecule has 0 atom stereocenters. The normalized spacial score (nSPS) is 10.8. The highest BCUT2D eigenvalue weighted by Gasteiger charge is 2.10. The number of rotatable bonds is 4. The maximum Gasteiger partial charge on any atom is 0.268 e. The Hall–Kier alpha value is -3.41. The Labute approximate surface area is 137 Å². The molecule has 1 aromatic carbocycles. The summed E-state index contributed by atoms with van der Waals surface area (Å²) in [5.74, 6) is -0.151. The van der Waals surface area contributed by atoms with Gasteiger partial charge >= 0.3 is 0 Å². The van der Waals surface area contributed by atoms with Crippen LogP contribution in [-0.4, -0.2) is 26.1 Å². The zero-order valence-corrected chi connectivity index (χ0v) is 12.8. The van der Waals surface area contributed by atoms with E-state index in [9.17, 15) is 4.79 Å². The number of carbonyl (C=O) groups is 1. The maximum absolute atomic E-state index is 12.3. The lowest BCUT2D eigenvalue weighted by Crippen LogP contribution is -2.23. The van der Waals surface area contributed by atoms with Crippen LogP contribution < -0.4 is 5.32 Å². The molecule has 0 saturated carbocycles. The van der Waals surface area contributed by atoms with Crippen LogP contribution in [0.5, 0.6) is 0 Å². The van der Waals surface area contributed by atoms with Gasteiger partial charge in [-0.2, -0.15) is 5.10 Å². The zero-order valence-electron chi connectivity index (χ0n) is 12.8. The van der Waals surface area contributed by atoms with Gasteiger partial charge in [0, 0.05) is 28.9 Å². The number of hydrogen-bond donors (Lipinski definition) is 3. The van der Waals surface area contributed by atoms with E-state index in [0.717, 1.165) is 27.7 Å². The summed E-state index contributed by atoms with van der Waals surface area (Å²) in [5, 5.41) is 10.6. The third kappa shape index (κ3) is 2.77. The number of hydrogen-bond acceptors (Lipinski definition) is 3. The van der Waals surface area contributed by atoms with Gasteiger partial charge in [0.15, 0.2) is 0 Å². The molecule has 0 spiro atoms. The molecule has 6 heteroatoms. The van der Waals surface area contributed by atoms with Crippen LogP contribution in [0.2, 0.25) is 0 Å². The first-order valence-corrected chi connectivity index (χ1v) is 7.59. The third-order valence-electron chi connectivity index (χ3n) is 3.85. The minimum absolute atomic E-state index is 0.151. The van der Waals surface area contributed by atoms with Crippen molar-refractivity contribution in [3.63, 3.8) is 0 Å². The first kappa shape index (κ1) is 14.2.